The highest BCUT2D eigenvalue weighted by Crippen LogP contribution is 2.13. The molecule has 0 atom stereocenters. The summed E-state index contributed by atoms with van der Waals surface area (Å²) in [6.45, 7) is 4.78. The van der Waals surface area contributed by atoms with Crippen molar-refractivity contribution in [1.82, 2.24) is 10.6 Å². The number of amides is 2. The monoisotopic (exact) mass is 330 g/mol. The molecule has 0 aromatic carbocycles. The first kappa shape index (κ1) is 15.8. The molecule has 6 heteroatoms. The summed E-state index contributed by atoms with van der Waals surface area (Å²) >= 11 is 3.13. The molecule has 0 aliphatic heterocycles. The highest BCUT2D eigenvalue weighted by atomic mass is 79.9. The number of furan rings is 1. The number of nitrogens with one attached hydrogen (secondary N) is 2. The molecule has 0 fully saturated rings. The fourth-order valence-electron chi connectivity index (χ4n) is 1.69. The van der Waals surface area contributed by atoms with Crippen LogP contribution in [0.1, 0.15) is 37.2 Å². The molecular formula is C13H19BrN2O3. The lowest BCUT2D eigenvalue weighted by Crippen LogP contribution is -2.37. The van der Waals surface area contributed by atoms with E-state index in [9.17, 15) is 9.59 Å². The summed E-state index contributed by atoms with van der Waals surface area (Å²) in [5.74, 6) is 0.0531. The molecule has 0 saturated heterocycles. The summed E-state index contributed by atoms with van der Waals surface area (Å²) in [5, 5.41) is 5.48. The van der Waals surface area contributed by atoms with Crippen molar-refractivity contribution in [3.8, 4) is 0 Å². The molecule has 1 aromatic rings. The van der Waals surface area contributed by atoms with Gasteiger partial charge in [-0.25, -0.2) is 0 Å². The maximum absolute atomic E-state index is 11.7. The molecule has 5 nitrogen and oxygen atoms in total. The SMILES string of the molecule is CCC(CC)C(=O)NCCNC(=O)c1ccc(Br)o1. The second kappa shape index (κ2) is 7.99. The van der Waals surface area contributed by atoms with Gasteiger partial charge in [-0.2, -0.15) is 0 Å². The van der Waals surface area contributed by atoms with E-state index in [4.69, 9.17) is 4.42 Å². The molecule has 0 aliphatic carbocycles. The van der Waals surface area contributed by atoms with Gasteiger partial charge in [-0.3, -0.25) is 9.59 Å². The lowest BCUT2D eigenvalue weighted by atomic mass is 10.0. The number of hydrogen-bond acceptors (Lipinski definition) is 3. The van der Waals surface area contributed by atoms with Crippen molar-refractivity contribution >= 4 is 27.7 Å². The van der Waals surface area contributed by atoms with Gasteiger partial charge in [0.25, 0.3) is 5.91 Å². The minimum Gasteiger partial charge on any atom is -0.444 e. The predicted octanol–water partition coefficient (Wildman–Crippen LogP) is 2.32. The largest absolute Gasteiger partial charge is 0.444 e. The average Bonchev–Trinajstić information content (AvgIpc) is 2.82. The van der Waals surface area contributed by atoms with Crippen LogP contribution in [0.2, 0.25) is 0 Å². The van der Waals surface area contributed by atoms with Crippen LogP contribution < -0.4 is 10.6 Å². The van der Waals surface area contributed by atoms with Crippen LogP contribution in [0.5, 0.6) is 0 Å². The van der Waals surface area contributed by atoms with Gasteiger partial charge < -0.3 is 15.1 Å². The molecule has 1 heterocycles. The average molecular weight is 331 g/mol. The first-order chi connectivity index (χ1) is 9.08. The summed E-state index contributed by atoms with van der Waals surface area (Å²) in [5.41, 5.74) is 0. The van der Waals surface area contributed by atoms with E-state index in [1.54, 1.807) is 12.1 Å². The Balaban J connectivity index is 2.24. The van der Waals surface area contributed by atoms with Crippen LogP contribution in [-0.2, 0) is 4.79 Å². The summed E-state index contributed by atoms with van der Waals surface area (Å²) in [7, 11) is 0. The molecular weight excluding hydrogens is 312 g/mol. The Morgan fingerprint density at radius 1 is 1.21 bits per heavy atom. The van der Waals surface area contributed by atoms with Crippen molar-refractivity contribution in [2.45, 2.75) is 26.7 Å². The van der Waals surface area contributed by atoms with E-state index in [2.05, 4.69) is 26.6 Å². The quantitative estimate of drug-likeness (QED) is 0.753. The van der Waals surface area contributed by atoms with Gasteiger partial charge in [0.15, 0.2) is 10.4 Å². The van der Waals surface area contributed by atoms with Gasteiger partial charge >= 0.3 is 0 Å². The molecule has 0 radical (unpaired) electrons. The number of hydrogen-bond donors (Lipinski definition) is 2. The van der Waals surface area contributed by atoms with Crippen molar-refractivity contribution in [1.29, 1.82) is 0 Å². The fourth-order valence-corrected chi connectivity index (χ4v) is 2.00. The first-order valence-corrected chi connectivity index (χ1v) is 7.19. The number of halogens is 1. The molecule has 1 rings (SSSR count). The molecule has 2 N–H and O–H groups in total. The van der Waals surface area contributed by atoms with E-state index in [0.717, 1.165) is 12.8 Å². The Morgan fingerprint density at radius 2 is 1.84 bits per heavy atom. The van der Waals surface area contributed by atoms with Gasteiger partial charge in [-0.15, -0.1) is 0 Å². The van der Waals surface area contributed by atoms with E-state index in [0.29, 0.717) is 17.8 Å². The number of carbonyl (C=O) groups is 2. The smallest absolute Gasteiger partial charge is 0.287 e. The maximum atomic E-state index is 11.7. The number of rotatable bonds is 7. The second-order valence-corrected chi connectivity index (χ2v) is 4.95. The lowest BCUT2D eigenvalue weighted by Gasteiger charge is -2.12. The summed E-state index contributed by atoms with van der Waals surface area (Å²) in [4.78, 5) is 23.3. The third-order valence-electron chi connectivity index (χ3n) is 2.86. The van der Waals surface area contributed by atoms with Crippen molar-refractivity contribution < 1.29 is 14.0 Å². The zero-order valence-electron chi connectivity index (χ0n) is 11.2. The van der Waals surface area contributed by atoms with E-state index >= 15 is 0 Å². The van der Waals surface area contributed by atoms with Crippen LogP contribution in [0.4, 0.5) is 0 Å². The lowest BCUT2D eigenvalue weighted by molar-refractivity contribution is -0.125. The standard InChI is InChI=1S/C13H19BrN2O3/c1-3-9(4-2)12(17)15-7-8-16-13(18)10-5-6-11(14)19-10/h5-6,9H,3-4,7-8H2,1-2H3,(H,15,17)(H,16,18). The van der Waals surface area contributed by atoms with Gasteiger partial charge in [0.2, 0.25) is 5.91 Å². The van der Waals surface area contributed by atoms with Crippen LogP contribution >= 0.6 is 15.9 Å². The van der Waals surface area contributed by atoms with Crippen molar-refractivity contribution in [3.05, 3.63) is 22.6 Å². The molecule has 2 amide bonds. The Kier molecular flexibility index (Phi) is 6.62. The van der Waals surface area contributed by atoms with Gasteiger partial charge in [-0.1, -0.05) is 13.8 Å². The van der Waals surface area contributed by atoms with E-state index in [-0.39, 0.29) is 23.5 Å². The Hall–Kier alpha value is -1.30. The molecule has 0 aliphatic rings. The zero-order valence-corrected chi connectivity index (χ0v) is 12.7. The van der Waals surface area contributed by atoms with Crippen LogP contribution in [0.15, 0.2) is 21.2 Å². The predicted molar refractivity (Wildman–Crippen MR) is 75.8 cm³/mol. The van der Waals surface area contributed by atoms with Crippen molar-refractivity contribution in [2.24, 2.45) is 5.92 Å². The van der Waals surface area contributed by atoms with Crippen LogP contribution in [0.25, 0.3) is 0 Å². The highest BCUT2D eigenvalue weighted by Gasteiger charge is 2.13. The molecule has 0 bridgehead atoms. The molecule has 19 heavy (non-hydrogen) atoms. The third kappa shape index (κ3) is 5.06. The van der Waals surface area contributed by atoms with Gasteiger partial charge in [0.1, 0.15) is 0 Å². The number of carbonyl (C=O) groups excluding carboxylic acids is 2. The second-order valence-electron chi connectivity index (χ2n) is 4.16. The fraction of sp³-hybridized carbons (Fsp3) is 0.538. The van der Waals surface area contributed by atoms with Crippen molar-refractivity contribution in [3.63, 3.8) is 0 Å². The third-order valence-corrected chi connectivity index (χ3v) is 3.29. The van der Waals surface area contributed by atoms with Gasteiger partial charge in [-0.05, 0) is 40.9 Å². The summed E-state index contributed by atoms with van der Waals surface area (Å²) in [6.07, 6.45) is 1.66. The molecule has 1 aromatic heterocycles. The highest BCUT2D eigenvalue weighted by molar-refractivity contribution is 9.10. The zero-order chi connectivity index (χ0) is 14.3. The topological polar surface area (TPSA) is 71.3 Å². The molecule has 106 valence electrons. The molecule has 0 spiro atoms. The van der Waals surface area contributed by atoms with Gasteiger partial charge in [0.05, 0.1) is 0 Å². The van der Waals surface area contributed by atoms with E-state index in [1.165, 1.54) is 0 Å². The first-order valence-electron chi connectivity index (χ1n) is 6.39. The summed E-state index contributed by atoms with van der Waals surface area (Å²) < 4.78 is 5.63. The van der Waals surface area contributed by atoms with Crippen LogP contribution in [0.3, 0.4) is 0 Å². The maximum Gasteiger partial charge on any atom is 0.287 e. The summed E-state index contributed by atoms with van der Waals surface area (Å²) in [6, 6.07) is 3.24. The van der Waals surface area contributed by atoms with E-state index in [1.807, 2.05) is 13.8 Å². The minimum absolute atomic E-state index is 0.0417. The Bertz CT molecular complexity index is 427. The van der Waals surface area contributed by atoms with Crippen LogP contribution in [0, 0.1) is 5.92 Å². The van der Waals surface area contributed by atoms with Crippen molar-refractivity contribution in [2.75, 3.05) is 13.1 Å². The van der Waals surface area contributed by atoms with E-state index < -0.39 is 0 Å². The Morgan fingerprint density at radius 3 is 2.37 bits per heavy atom. The normalized spacial score (nSPS) is 10.5. The molecule has 0 saturated carbocycles. The minimum atomic E-state index is -0.289. The van der Waals surface area contributed by atoms with Gasteiger partial charge in [0, 0.05) is 19.0 Å². The van der Waals surface area contributed by atoms with Crippen LogP contribution in [-0.4, -0.2) is 24.9 Å². The molecule has 0 unspecified atom stereocenters. The Labute approximate surface area is 121 Å².